The summed E-state index contributed by atoms with van der Waals surface area (Å²) in [6.07, 6.45) is 18.5. The third-order valence-corrected chi connectivity index (χ3v) is 8.18. The fourth-order valence-electron chi connectivity index (χ4n) is 5.37. The van der Waals surface area contributed by atoms with E-state index in [-0.39, 0.29) is 11.3 Å². The summed E-state index contributed by atoms with van der Waals surface area (Å²) in [5.74, 6) is 1.19. The molecule has 7 heteroatoms. The molecule has 1 unspecified atom stereocenters. The molecule has 0 saturated carbocycles. The van der Waals surface area contributed by atoms with Gasteiger partial charge < -0.3 is 5.32 Å². The first-order valence-corrected chi connectivity index (χ1v) is 16.2. The number of hydrogen-bond donors (Lipinski definition) is 2. The van der Waals surface area contributed by atoms with Gasteiger partial charge in [0.1, 0.15) is 5.02 Å². The smallest absolute Gasteiger partial charge is 0.224 e. The van der Waals surface area contributed by atoms with Crippen molar-refractivity contribution in [2.24, 2.45) is 5.92 Å². The van der Waals surface area contributed by atoms with Crippen molar-refractivity contribution in [1.82, 2.24) is 19.8 Å². The number of fused-ring (bicyclic) bond motifs is 1. The Morgan fingerprint density at radius 1 is 0.900 bits per heavy atom. The number of rotatable bonds is 18. The van der Waals surface area contributed by atoms with Gasteiger partial charge in [0.05, 0.1) is 5.69 Å². The molecule has 0 spiro atoms. The molecule has 1 atom stereocenters. The van der Waals surface area contributed by atoms with Crippen LogP contribution in [0, 0.1) is 5.92 Å². The predicted molar refractivity (Wildman–Crippen MR) is 169 cm³/mol. The third-order valence-electron chi connectivity index (χ3n) is 7.82. The number of anilines is 1. The van der Waals surface area contributed by atoms with Crippen molar-refractivity contribution < 1.29 is 4.79 Å². The van der Waals surface area contributed by atoms with Gasteiger partial charge in [-0.1, -0.05) is 123 Å². The monoisotopic (exact) mass is 569 g/mol. The molecule has 1 aromatic carbocycles. The van der Waals surface area contributed by atoms with Crippen LogP contribution < -0.4 is 5.32 Å². The minimum Gasteiger partial charge on any atom is -0.326 e. The van der Waals surface area contributed by atoms with Crippen LogP contribution >= 0.6 is 11.6 Å². The van der Waals surface area contributed by atoms with E-state index in [4.69, 9.17) is 11.6 Å². The zero-order valence-corrected chi connectivity index (χ0v) is 26.4. The van der Waals surface area contributed by atoms with Crippen LogP contribution in [-0.4, -0.2) is 25.7 Å². The van der Waals surface area contributed by atoms with Crippen LogP contribution in [0.25, 0.3) is 17.0 Å². The predicted octanol–water partition coefficient (Wildman–Crippen LogP) is 10.1. The van der Waals surface area contributed by atoms with Gasteiger partial charge in [0.2, 0.25) is 5.91 Å². The van der Waals surface area contributed by atoms with Gasteiger partial charge in [-0.25, -0.2) is 4.98 Å². The minimum absolute atomic E-state index is 0.115. The molecule has 3 rings (SSSR count). The van der Waals surface area contributed by atoms with Gasteiger partial charge in [0.25, 0.3) is 0 Å². The lowest BCUT2D eigenvalue weighted by molar-refractivity contribution is -0.117. The van der Waals surface area contributed by atoms with Crippen molar-refractivity contribution in [3.8, 4) is 11.4 Å². The molecule has 0 fully saturated rings. The normalized spacial score (nSPS) is 12.8. The third kappa shape index (κ3) is 9.94. The van der Waals surface area contributed by atoms with Crippen molar-refractivity contribution in [3.63, 3.8) is 0 Å². The Balaban J connectivity index is 1.53. The molecule has 40 heavy (non-hydrogen) atoms. The zero-order chi connectivity index (χ0) is 29.0. The van der Waals surface area contributed by atoms with E-state index in [0.717, 1.165) is 29.8 Å². The molecule has 0 radical (unpaired) electrons. The Kier molecular flexibility index (Phi) is 13.0. The van der Waals surface area contributed by atoms with Gasteiger partial charge in [-0.05, 0) is 43.0 Å². The first-order valence-electron chi connectivity index (χ1n) is 15.8. The number of nitrogens with zero attached hydrogens (tertiary/aromatic N) is 3. The van der Waals surface area contributed by atoms with Crippen molar-refractivity contribution in [2.75, 3.05) is 5.32 Å². The molecule has 6 nitrogen and oxygen atoms in total. The molecule has 222 valence electrons. The topological polar surface area (TPSA) is 75.1 Å². The number of aromatic nitrogens is 4. The highest BCUT2D eigenvalue weighted by Gasteiger charge is 2.24. The maximum Gasteiger partial charge on any atom is 0.224 e. The number of aromatic amines is 1. The summed E-state index contributed by atoms with van der Waals surface area (Å²) in [4.78, 5) is 17.6. The highest BCUT2D eigenvalue weighted by Crippen LogP contribution is 2.32. The number of carbonyl (C=O) groups is 1. The molecule has 0 aliphatic heterocycles. The zero-order valence-electron chi connectivity index (χ0n) is 25.6. The van der Waals surface area contributed by atoms with E-state index in [9.17, 15) is 4.79 Å². The van der Waals surface area contributed by atoms with Crippen molar-refractivity contribution in [1.29, 1.82) is 0 Å². The highest BCUT2D eigenvalue weighted by atomic mass is 35.5. The van der Waals surface area contributed by atoms with Crippen LogP contribution in [0.4, 0.5) is 5.69 Å². The molecule has 0 saturated heterocycles. The lowest BCUT2D eigenvalue weighted by Gasteiger charge is -2.17. The fraction of sp³-hybridized carbons (Fsp3) is 0.667. The van der Waals surface area contributed by atoms with Crippen LogP contribution in [0.1, 0.15) is 137 Å². The number of halogens is 1. The molecule has 0 bridgehead atoms. The molecular formula is C33H52ClN5O. The minimum atomic E-state index is -0.123. The van der Waals surface area contributed by atoms with E-state index in [1.54, 1.807) is 4.63 Å². The summed E-state index contributed by atoms with van der Waals surface area (Å²) < 4.78 is 1.64. The second kappa shape index (κ2) is 16.2. The summed E-state index contributed by atoms with van der Waals surface area (Å²) in [5, 5.41) is 11.6. The first-order chi connectivity index (χ1) is 19.2. The molecule has 1 amide bonds. The van der Waals surface area contributed by atoms with E-state index in [2.05, 4.69) is 55.1 Å². The average Bonchev–Trinajstić information content (AvgIpc) is 3.47. The van der Waals surface area contributed by atoms with Crippen LogP contribution in [0.2, 0.25) is 5.02 Å². The standard InChI is InChI=1S/C33H52ClN5O/c1-6-8-10-12-13-15-17-19-25(18-16-14-11-9-7-2)24-28(40)35-27-22-20-26(21-23-27)31-36-32-29(34)30(33(3,4)5)37-39(32)38-31/h20-23,25,37H,6-19,24H2,1-5H3,(H,35,40). The number of carbonyl (C=O) groups excluding carboxylic acids is 1. The van der Waals surface area contributed by atoms with E-state index < -0.39 is 0 Å². The maximum atomic E-state index is 13.0. The van der Waals surface area contributed by atoms with E-state index in [1.165, 1.54) is 77.0 Å². The summed E-state index contributed by atoms with van der Waals surface area (Å²) >= 11 is 6.58. The first kappa shape index (κ1) is 32.2. The maximum absolute atomic E-state index is 13.0. The van der Waals surface area contributed by atoms with Crippen LogP contribution in [0.15, 0.2) is 24.3 Å². The second-order valence-electron chi connectivity index (χ2n) is 12.5. The van der Waals surface area contributed by atoms with Gasteiger partial charge in [0, 0.05) is 23.1 Å². The van der Waals surface area contributed by atoms with Crippen molar-refractivity contribution in [2.45, 2.75) is 136 Å². The highest BCUT2D eigenvalue weighted by molar-refractivity contribution is 6.34. The van der Waals surface area contributed by atoms with E-state index >= 15 is 0 Å². The molecule has 2 aromatic heterocycles. The van der Waals surface area contributed by atoms with Gasteiger partial charge in [0.15, 0.2) is 11.5 Å². The van der Waals surface area contributed by atoms with Gasteiger partial charge in [-0.3, -0.25) is 9.89 Å². The number of nitrogens with one attached hydrogen (secondary N) is 2. The summed E-state index contributed by atoms with van der Waals surface area (Å²) in [6, 6.07) is 7.77. The van der Waals surface area contributed by atoms with E-state index in [1.807, 2.05) is 24.3 Å². The summed E-state index contributed by atoms with van der Waals surface area (Å²) in [5.41, 5.74) is 3.11. The largest absolute Gasteiger partial charge is 0.326 e. The Hall–Kier alpha value is -2.34. The van der Waals surface area contributed by atoms with E-state index in [0.29, 0.717) is 28.8 Å². The number of benzene rings is 1. The van der Waals surface area contributed by atoms with Gasteiger partial charge in [-0.2, -0.15) is 4.63 Å². The van der Waals surface area contributed by atoms with Crippen molar-refractivity contribution in [3.05, 3.63) is 35.0 Å². The molecular weight excluding hydrogens is 518 g/mol. The lowest BCUT2D eigenvalue weighted by Crippen LogP contribution is -2.17. The average molecular weight is 570 g/mol. The van der Waals surface area contributed by atoms with Crippen LogP contribution in [-0.2, 0) is 10.2 Å². The Labute approximate surface area is 247 Å². The quantitative estimate of drug-likeness (QED) is 0.150. The molecule has 0 aliphatic carbocycles. The lowest BCUT2D eigenvalue weighted by atomic mass is 9.91. The summed E-state index contributed by atoms with van der Waals surface area (Å²) in [7, 11) is 0. The molecule has 0 aliphatic rings. The molecule has 2 heterocycles. The second-order valence-corrected chi connectivity index (χ2v) is 12.9. The van der Waals surface area contributed by atoms with Crippen molar-refractivity contribution >= 4 is 28.8 Å². The summed E-state index contributed by atoms with van der Waals surface area (Å²) in [6.45, 7) is 10.8. The van der Waals surface area contributed by atoms with Crippen LogP contribution in [0.3, 0.4) is 0 Å². The fourth-order valence-corrected chi connectivity index (χ4v) is 5.82. The van der Waals surface area contributed by atoms with Crippen LogP contribution in [0.5, 0.6) is 0 Å². The SMILES string of the molecule is CCCCCCCCCC(CCCCCCC)CC(=O)Nc1ccc(-c2nc3c(Cl)c(C(C)(C)C)[nH]n3n2)cc1. The molecule has 3 aromatic rings. The van der Waals surface area contributed by atoms with Gasteiger partial charge >= 0.3 is 0 Å². The Morgan fingerprint density at radius 2 is 1.45 bits per heavy atom. The number of H-pyrrole nitrogens is 1. The Morgan fingerprint density at radius 3 is 1.98 bits per heavy atom. The number of unbranched alkanes of at least 4 members (excludes halogenated alkanes) is 10. The Bertz CT molecular complexity index is 1160. The number of hydrogen-bond acceptors (Lipinski definition) is 3. The number of amides is 1. The molecule has 2 N–H and O–H groups in total. The van der Waals surface area contributed by atoms with Gasteiger partial charge in [-0.15, -0.1) is 5.10 Å².